The van der Waals surface area contributed by atoms with E-state index in [9.17, 15) is 13.5 Å². The smallest absolute Gasteiger partial charge is 0.182 e. The lowest BCUT2D eigenvalue weighted by Gasteiger charge is -2.12. The highest BCUT2D eigenvalue weighted by Crippen LogP contribution is 2.33. The first-order chi connectivity index (χ1) is 15.8. The lowest BCUT2D eigenvalue weighted by Crippen LogP contribution is -2.08. The molecule has 0 saturated heterocycles. The van der Waals surface area contributed by atoms with E-state index in [1.54, 1.807) is 54.9 Å². The van der Waals surface area contributed by atoms with Crippen LogP contribution in [0.25, 0.3) is 0 Å². The Morgan fingerprint density at radius 2 is 1.76 bits per heavy atom. The van der Waals surface area contributed by atoms with Gasteiger partial charge in [-0.15, -0.1) is 0 Å². The molecule has 2 N–H and O–H groups in total. The van der Waals surface area contributed by atoms with Gasteiger partial charge in [-0.3, -0.25) is 4.99 Å². The van der Waals surface area contributed by atoms with Gasteiger partial charge in [-0.25, -0.2) is 13.4 Å². The predicted molar refractivity (Wildman–Crippen MR) is 130 cm³/mol. The van der Waals surface area contributed by atoms with Crippen molar-refractivity contribution >= 4 is 38.8 Å². The van der Waals surface area contributed by atoms with Crippen LogP contribution in [0.3, 0.4) is 0 Å². The van der Waals surface area contributed by atoms with E-state index in [0.29, 0.717) is 33.2 Å². The quantitative estimate of drug-likeness (QED) is 0.331. The standard InChI is InChI=1S/C24H19Cl2N3O3S/c25-18-12-20(24(30)21(26)13-18)23(29-14-22-27-10-11-28-22)17-6-8-19(9-7-17)33(31,32)15-16-4-2-1-3-5-16/h1-13,30H,14-15H2,(H,27,28). The number of rotatable bonds is 7. The molecular weight excluding hydrogens is 481 g/mol. The van der Waals surface area contributed by atoms with E-state index in [1.165, 1.54) is 18.2 Å². The highest BCUT2D eigenvalue weighted by atomic mass is 35.5. The Morgan fingerprint density at radius 3 is 2.42 bits per heavy atom. The fraction of sp³-hybridized carbons (Fsp3) is 0.0833. The van der Waals surface area contributed by atoms with Crippen LogP contribution in [0, 0.1) is 0 Å². The number of hydrogen-bond acceptors (Lipinski definition) is 5. The first kappa shape index (κ1) is 23.0. The zero-order chi connectivity index (χ0) is 23.4. The Labute approximate surface area is 201 Å². The lowest BCUT2D eigenvalue weighted by molar-refractivity contribution is 0.474. The molecule has 0 aliphatic heterocycles. The molecule has 0 aliphatic rings. The Kier molecular flexibility index (Phi) is 6.83. The largest absolute Gasteiger partial charge is 0.506 e. The first-order valence-electron chi connectivity index (χ1n) is 9.92. The number of halogens is 2. The molecule has 1 heterocycles. The summed E-state index contributed by atoms with van der Waals surface area (Å²) in [4.78, 5) is 11.9. The van der Waals surface area contributed by atoms with Crippen LogP contribution in [0.2, 0.25) is 10.0 Å². The van der Waals surface area contributed by atoms with Gasteiger partial charge in [0, 0.05) is 28.5 Å². The zero-order valence-corrected chi connectivity index (χ0v) is 19.6. The fourth-order valence-corrected chi connectivity index (χ4v) is 5.16. The molecule has 9 heteroatoms. The van der Waals surface area contributed by atoms with Gasteiger partial charge in [0.15, 0.2) is 9.84 Å². The highest BCUT2D eigenvalue weighted by Gasteiger charge is 2.19. The highest BCUT2D eigenvalue weighted by molar-refractivity contribution is 7.90. The molecule has 0 fully saturated rings. The molecule has 0 amide bonds. The van der Waals surface area contributed by atoms with Crippen molar-refractivity contribution in [3.8, 4) is 5.75 Å². The molecule has 6 nitrogen and oxygen atoms in total. The maximum absolute atomic E-state index is 12.9. The summed E-state index contributed by atoms with van der Waals surface area (Å²) >= 11 is 12.3. The molecule has 0 radical (unpaired) electrons. The summed E-state index contributed by atoms with van der Waals surface area (Å²) in [6.45, 7) is 0.208. The van der Waals surface area contributed by atoms with Gasteiger partial charge in [0.1, 0.15) is 11.6 Å². The SMILES string of the molecule is O=S(=O)(Cc1ccccc1)c1ccc(C(=NCc2ncc[nH]2)c2cc(Cl)cc(Cl)c2O)cc1. The van der Waals surface area contributed by atoms with Crippen molar-refractivity contribution in [3.63, 3.8) is 0 Å². The number of aliphatic imine (C=N–C) groups is 1. The van der Waals surface area contributed by atoms with Crippen LogP contribution in [0.15, 0.2) is 89.0 Å². The van der Waals surface area contributed by atoms with Gasteiger partial charge in [0.05, 0.1) is 27.9 Å². The average molecular weight is 500 g/mol. The number of nitrogens with zero attached hydrogens (tertiary/aromatic N) is 2. The molecule has 4 rings (SSSR count). The van der Waals surface area contributed by atoms with E-state index in [0.717, 1.165) is 0 Å². The van der Waals surface area contributed by atoms with Crippen molar-refractivity contribution in [1.29, 1.82) is 0 Å². The van der Waals surface area contributed by atoms with Gasteiger partial charge in [-0.2, -0.15) is 0 Å². The molecule has 3 aromatic carbocycles. The molecule has 33 heavy (non-hydrogen) atoms. The number of phenols is 1. The van der Waals surface area contributed by atoms with Crippen LogP contribution in [0.4, 0.5) is 0 Å². The van der Waals surface area contributed by atoms with E-state index in [2.05, 4.69) is 15.0 Å². The molecule has 1 aromatic heterocycles. The van der Waals surface area contributed by atoms with Crippen LogP contribution < -0.4 is 0 Å². The molecule has 0 saturated carbocycles. The molecule has 0 bridgehead atoms. The Morgan fingerprint density at radius 1 is 1.03 bits per heavy atom. The number of nitrogens with one attached hydrogen (secondary N) is 1. The van der Waals surface area contributed by atoms with Crippen molar-refractivity contribution in [1.82, 2.24) is 9.97 Å². The zero-order valence-electron chi connectivity index (χ0n) is 17.2. The predicted octanol–water partition coefficient (Wildman–Crippen LogP) is 5.43. The van der Waals surface area contributed by atoms with Gasteiger partial charge in [0.2, 0.25) is 0 Å². The van der Waals surface area contributed by atoms with Gasteiger partial charge < -0.3 is 10.1 Å². The lowest BCUT2D eigenvalue weighted by atomic mass is 10.0. The number of aromatic hydroxyl groups is 1. The van der Waals surface area contributed by atoms with Crippen molar-refractivity contribution in [3.05, 3.63) is 112 Å². The van der Waals surface area contributed by atoms with Crippen molar-refractivity contribution in [2.24, 2.45) is 4.99 Å². The van der Waals surface area contributed by atoms with Crippen LogP contribution in [0.5, 0.6) is 5.75 Å². The van der Waals surface area contributed by atoms with Gasteiger partial charge in [-0.1, -0.05) is 65.7 Å². The third-order valence-corrected chi connectivity index (χ3v) is 7.12. The summed E-state index contributed by atoms with van der Waals surface area (Å²) in [6.07, 6.45) is 3.30. The second-order valence-electron chi connectivity index (χ2n) is 7.25. The minimum atomic E-state index is -3.54. The minimum absolute atomic E-state index is 0.0882. The van der Waals surface area contributed by atoms with Crippen LogP contribution in [0.1, 0.15) is 22.5 Å². The summed E-state index contributed by atoms with van der Waals surface area (Å²) in [5.74, 6) is 0.360. The van der Waals surface area contributed by atoms with Crippen molar-refractivity contribution in [2.75, 3.05) is 0 Å². The number of phenolic OH excluding ortho intramolecular Hbond substituents is 1. The summed E-state index contributed by atoms with van der Waals surface area (Å²) in [5.41, 5.74) is 2.04. The average Bonchev–Trinajstić information content (AvgIpc) is 3.31. The second-order valence-corrected chi connectivity index (χ2v) is 10.1. The first-order valence-corrected chi connectivity index (χ1v) is 12.3. The topological polar surface area (TPSA) is 95.4 Å². The number of H-pyrrole nitrogens is 1. The number of aromatic nitrogens is 2. The van der Waals surface area contributed by atoms with Gasteiger partial charge in [0.25, 0.3) is 0 Å². The Bertz CT molecular complexity index is 1390. The molecule has 0 spiro atoms. The van der Waals surface area contributed by atoms with E-state index < -0.39 is 9.84 Å². The van der Waals surface area contributed by atoms with E-state index in [1.807, 2.05) is 6.07 Å². The third-order valence-electron chi connectivity index (χ3n) is 4.91. The Balaban J connectivity index is 1.71. The number of sulfone groups is 1. The van der Waals surface area contributed by atoms with Gasteiger partial charge in [-0.05, 0) is 29.8 Å². The Hall–Kier alpha value is -3.13. The summed E-state index contributed by atoms with van der Waals surface area (Å²) in [5, 5.41) is 11.0. The maximum atomic E-state index is 12.9. The summed E-state index contributed by atoms with van der Waals surface area (Å²) < 4.78 is 25.7. The second kappa shape index (κ2) is 9.79. The number of aromatic amines is 1. The molecular formula is C24H19Cl2N3O3S. The monoisotopic (exact) mass is 499 g/mol. The van der Waals surface area contributed by atoms with Crippen LogP contribution in [-0.2, 0) is 22.1 Å². The molecule has 168 valence electrons. The van der Waals surface area contributed by atoms with Crippen molar-refractivity contribution < 1.29 is 13.5 Å². The molecule has 0 atom stereocenters. The number of benzene rings is 3. The number of hydrogen-bond donors (Lipinski definition) is 2. The van der Waals surface area contributed by atoms with Crippen molar-refractivity contribution in [2.45, 2.75) is 17.2 Å². The summed E-state index contributed by atoms with van der Waals surface area (Å²) in [7, 11) is -3.54. The summed E-state index contributed by atoms with van der Waals surface area (Å²) in [6, 6.07) is 18.3. The molecule has 0 unspecified atom stereocenters. The third kappa shape index (κ3) is 5.45. The van der Waals surface area contributed by atoms with Gasteiger partial charge >= 0.3 is 0 Å². The molecule has 4 aromatic rings. The number of imidazole rings is 1. The normalized spacial score (nSPS) is 12.1. The molecule has 0 aliphatic carbocycles. The maximum Gasteiger partial charge on any atom is 0.182 e. The fourth-order valence-electron chi connectivity index (χ4n) is 3.31. The van der Waals surface area contributed by atoms with Crippen LogP contribution >= 0.6 is 23.2 Å². The van der Waals surface area contributed by atoms with E-state index in [-0.39, 0.29) is 28.0 Å². The van der Waals surface area contributed by atoms with E-state index >= 15 is 0 Å². The van der Waals surface area contributed by atoms with E-state index in [4.69, 9.17) is 23.2 Å². The van der Waals surface area contributed by atoms with Crippen LogP contribution in [-0.4, -0.2) is 29.2 Å². The minimum Gasteiger partial charge on any atom is -0.506 e.